The Balaban J connectivity index is 2.57. The van der Waals surface area contributed by atoms with Gasteiger partial charge in [-0.2, -0.15) is 0 Å². The van der Waals surface area contributed by atoms with Crippen molar-refractivity contribution in [3.63, 3.8) is 0 Å². The molecule has 6 heteroatoms. The third kappa shape index (κ3) is 7.15. The molecule has 128 valence electrons. The molecule has 23 heavy (non-hydrogen) atoms. The molecule has 0 fully saturated rings. The van der Waals surface area contributed by atoms with Gasteiger partial charge in [-0.3, -0.25) is 4.79 Å². The van der Waals surface area contributed by atoms with Crippen LogP contribution in [0.25, 0.3) is 0 Å². The van der Waals surface area contributed by atoms with E-state index in [2.05, 4.69) is 5.32 Å². The molecule has 1 amide bonds. The average Bonchev–Trinajstić information content (AvgIpc) is 2.51. The predicted octanol–water partition coefficient (Wildman–Crippen LogP) is 2.33. The monoisotopic (exact) mass is 323 g/mol. The molecule has 1 atom stereocenters. The number of hydrogen-bond donors (Lipinski definition) is 2. The number of carboxylic acids is 1. The van der Waals surface area contributed by atoms with E-state index in [-0.39, 0.29) is 5.92 Å². The number of carbonyl (C=O) groups excluding carboxylic acids is 1. The van der Waals surface area contributed by atoms with E-state index in [0.717, 1.165) is 6.42 Å². The summed E-state index contributed by atoms with van der Waals surface area (Å²) in [5.41, 5.74) is 0.407. The summed E-state index contributed by atoms with van der Waals surface area (Å²) in [5, 5.41) is 11.7. The van der Waals surface area contributed by atoms with E-state index in [9.17, 15) is 9.59 Å². The van der Waals surface area contributed by atoms with Gasteiger partial charge in [0.25, 0.3) is 5.91 Å². The number of nitrogens with one attached hydrogen (secondary N) is 1. The Kier molecular flexibility index (Phi) is 8.11. The van der Waals surface area contributed by atoms with Crippen molar-refractivity contribution in [3.05, 3.63) is 29.8 Å². The minimum absolute atomic E-state index is 0.180. The maximum atomic E-state index is 12.1. The van der Waals surface area contributed by atoms with Crippen LogP contribution in [-0.2, 0) is 9.53 Å². The number of aliphatic carboxylic acids is 1. The zero-order chi connectivity index (χ0) is 17.2. The highest BCUT2D eigenvalue weighted by molar-refractivity contribution is 5.96. The summed E-state index contributed by atoms with van der Waals surface area (Å²) in [7, 11) is 1.64. The van der Waals surface area contributed by atoms with E-state index in [4.69, 9.17) is 14.6 Å². The molecule has 0 radical (unpaired) electrons. The fourth-order valence-corrected chi connectivity index (χ4v) is 2.03. The van der Waals surface area contributed by atoms with Crippen molar-refractivity contribution in [3.8, 4) is 5.75 Å². The fraction of sp³-hybridized carbons (Fsp3) is 0.529. The van der Waals surface area contributed by atoms with Gasteiger partial charge in [-0.15, -0.1) is 0 Å². The van der Waals surface area contributed by atoms with Crippen LogP contribution in [0.1, 0.15) is 37.0 Å². The van der Waals surface area contributed by atoms with Gasteiger partial charge in [0.1, 0.15) is 11.8 Å². The van der Waals surface area contributed by atoms with Crippen LogP contribution in [0.2, 0.25) is 0 Å². The molecule has 0 spiro atoms. The first-order valence-electron chi connectivity index (χ1n) is 7.69. The molecule has 2 N–H and O–H groups in total. The molecule has 0 saturated carbocycles. The molecular formula is C17H25NO5. The van der Waals surface area contributed by atoms with Crippen LogP contribution in [0.3, 0.4) is 0 Å². The minimum atomic E-state index is -1.02. The molecule has 6 nitrogen and oxygen atoms in total. The van der Waals surface area contributed by atoms with E-state index in [1.807, 2.05) is 13.8 Å². The van der Waals surface area contributed by atoms with Crippen molar-refractivity contribution in [2.24, 2.45) is 5.92 Å². The number of ether oxygens (including phenoxy) is 2. The van der Waals surface area contributed by atoms with Gasteiger partial charge in [-0.05, 0) is 36.6 Å². The standard InChI is InChI=1S/C17H25NO5/c1-12(2)11-15(17(20)21)18-16(19)13-5-7-14(8-6-13)23-10-4-9-22-3/h5-8,12,15H,4,9-11H2,1-3H3,(H,18,19)(H,20,21)/t15-/m1/s1. The summed E-state index contributed by atoms with van der Waals surface area (Å²) in [6, 6.07) is 5.75. The molecule has 0 aliphatic carbocycles. The summed E-state index contributed by atoms with van der Waals surface area (Å²) >= 11 is 0. The molecule has 0 aliphatic heterocycles. The number of benzene rings is 1. The summed E-state index contributed by atoms with van der Waals surface area (Å²) in [6.45, 7) is 5.00. The number of hydrogen-bond acceptors (Lipinski definition) is 4. The van der Waals surface area contributed by atoms with Crippen molar-refractivity contribution >= 4 is 11.9 Å². The van der Waals surface area contributed by atoms with Gasteiger partial charge in [0.15, 0.2) is 0 Å². The summed E-state index contributed by atoms with van der Waals surface area (Å²) in [6.07, 6.45) is 1.18. The molecule has 1 aromatic carbocycles. The first kappa shape index (κ1) is 19.0. The van der Waals surface area contributed by atoms with Gasteiger partial charge in [-0.1, -0.05) is 13.8 Å². The van der Waals surface area contributed by atoms with Crippen LogP contribution in [0.4, 0.5) is 0 Å². The Hall–Kier alpha value is -2.08. The number of carbonyl (C=O) groups is 2. The molecule has 0 aliphatic rings. The maximum Gasteiger partial charge on any atom is 0.326 e. The first-order chi connectivity index (χ1) is 10.9. The van der Waals surface area contributed by atoms with E-state index in [1.165, 1.54) is 0 Å². The van der Waals surface area contributed by atoms with Crippen LogP contribution in [-0.4, -0.2) is 43.3 Å². The van der Waals surface area contributed by atoms with E-state index in [0.29, 0.717) is 30.9 Å². The van der Waals surface area contributed by atoms with Crippen molar-refractivity contribution in [2.75, 3.05) is 20.3 Å². The zero-order valence-electron chi connectivity index (χ0n) is 13.9. The minimum Gasteiger partial charge on any atom is -0.494 e. The highest BCUT2D eigenvalue weighted by Crippen LogP contribution is 2.13. The van der Waals surface area contributed by atoms with Gasteiger partial charge in [0.2, 0.25) is 0 Å². The van der Waals surface area contributed by atoms with Crippen LogP contribution >= 0.6 is 0 Å². The van der Waals surface area contributed by atoms with Crippen LogP contribution in [0, 0.1) is 5.92 Å². The predicted molar refractivity (Wildman–Crippen MR) is 86.8 cm³/mol. The van der Waals surface area contributed by atoms with Gasteiger partial charge < -0.3 is 19.9 Å². The Bertz CT molecular complexity index is 498. The van der Waals surface area contributed by atoms with Crippen LogP contribution in [0.15, 0.2) is 24.3 Å². The third-order valence-corrected chi connectivity index (χ3v) is 3.19. The normalized spacial score (nSPS) is 12.0. The van der Waals surface area contributed by atoms with Crippen molar-refractivity contribution in [2.45, 2.75) is 32.7 Å². The molecular weight excluding hydrogens is 298 g/mol. The number of rotatable bonds is 10. The number of amides is 1. The van der Waals surface area contributed by atoms with E-state index in [1.54, 1.807) is 31.4 Å². The van der Waals surface area contributed by atoms with Crippen LogP contribution < -0.4 is 10.1 Å². The summed E-state index contributed by atoms with van der Waals surface area (Å²) < 4.78 is 10.4. The van der Waals surface area contributed by atoms with Crippen molar-refractivity contribution < 1.29 is 24.2 Å². The van der Waals surface area contributed by atoms with Gasteiger partial charge in [-0.25, -0.2) is 4.79 Å². The Labute approximate surface area is 136 Å². The van der Waals surface area contributed by atoms with Crippen molar-refractivity contribution in [1.82, 2.24) is 5.32 Å². The lowest BCUT2D eigenvalue weighted by molar-refractivity contribution is -0.139. The van der Waals surface area contributed by atoms with Gasteiger partial charge in [0, 0.05) is 25.7 Å². The second-order valence-corrected chi connectivity index (χ2v) is 5.71. The topological polar surface area (TPSA) is 84.9 Å². The van der Waals surface area contributed by atoms with Gasteiger partial charge >= 0.3 is 5.97 Å². The lowest BCUT2D eigenvalue weighted by Crippen LogP contribution is -2.41. The molecule has 0 bridgehead atoms. The Morgan fingerprint density at radius 3 is 2.35 bits per heavy atom. The molecule has 0 unspecified atom stereocenters. The number of methoxy groups -OCH3 is 1. The first-order valence-corrected chi connectivity index (χ1v) is 7.69. The fourth-order valence-electron chi connectivity index (χ4n) is 2.03. The third-order valence-electron chi connectivity index (χ3n) is 3.19. The SMILES string of the molecule is COCCCOc1ccc(C(=O)N[C@H](CC(C)C)C(=O)O)cc1. The maximum absolute atomic E-state index is 12.1. The molecule has 0 heterocycles. The Morgan fingerprint density at radius 1 is 1.17 bits per heavy atom. The second-order valence-electron chi connectivity index (χ2n) is 5.71. The average molecular weight is 323 g/mol. The largest absolute Gasteiger partial charge is 0.494 e. The Morgan fingerprint density at radius 2 is 1.83 bits per heavy atom. The summed E-state index contributed by atoms with van der Waals surface area (Å²) in [5.74, 6) is -0.581. The lowest BCUT2D eigenvalue weighted by Gasteiger charge is -2.16. The van der Waals surface area contributed by atoms with Crippen LogP contribution in [0.5, 0.6) is 5.75 Å². The van der Waals surface area contributed by atoms with E-state index >= 15 is 0 Å². The molecule has 1 aromatic rings. The number of carboxylic acid groups (broad SMARTS) is 1. The molecule has 0 saturated heterocycles. The lowest BCUT2D eigenvalue weighted by atomic mass is 10.0. The van der Waals surface area contributed by atoms with E-state index < -0.39 is 17.9 Å². The highest BCUT2D eigenvalue weighted by Gasteiger charge is 2.21. The zero-order valence-corrected chi connectivity index (χ0v) is 13.9. The molecule has 0 aromatic heterocycles. The summed E-state index contributed by atoms with van der Waals surface area (Å²) in [4.78, 5) is 23.3. The van der Waals surface area contributed by atoms with Crippen molar-refractivity contribution in [1.29, 1.82) is 0 Å². The highest BCUT2D eigenvalue weighted by atomic mass is 16.5. The van der Waals surface area contributed by atoms with Gasteiger partial charge in [0.05, 0.1) is 6.61 Å². The molecule has 1 rings (SSSR count). The quantitative estimate of drug-likeness (QED) is 0.646. The smallest absolute Gasteiger partial charge is 0.326 e. The second kappa shape index (κ2) is 9.84.